The number of ketones is 1. The quantitative estimate of drug-likeness (QED) is 0.620. The summed E-state index contributed by atoms with van der Waals surface area (Å²) in [5.74, 6) is -0.596. The highest BCUT2D eigenvalue weighted by atomic mass is 19.4. The number of aryl methyl sites for hydroxylation is 1. The summed E-state index contributed by atoms with van der Waals surface area (Å²) in [6, 6.07) is 9.77. The zero-order chi connectivity index (χ0) is 22.4. The minimum atomic E-state index is -4.41. The van der Waals surface area contributed by atoms with Gasteiger partial charge in [0.05, 0.1) is 24.1 Å². The highest BCUT2D eigenvalue weighted by molar-refractivity contribution is 6.17. The SMILES string of the molecule is Cn1cnc(-c2cc(C3(C)C(=O)CNC3=O)ccc2Nc2ccc(C(F)(F)F)cc2)c1. The fourth-order valence-electron chi connectivity index (χ4n) is 3.56. The third-order valence-corrected chi connectivity index (χ3v) is 5.49. The number of imidazole rings is 1. The van der Waals surface area contributed by atoms with E-state index in [-0.39, 0.29) is 18.2 Å². The molecule has 31 heavy (non-hydrogen) atoms. The van der Waals surface area contributed by atoms with Gasteiger partial charge in [0.25, 0.3) is 0 Å². The van der Waals surface area contributed by atoms with Crippen molar-refractivity contribution >= 4 is 23.1 Å². The molecule has 0 radical (unpaired) electrons. The van der Waals surface area contributed by atoms with Crippen molar-refractivity contribution in [1.29, 1.82) is 0 Å². The van der Waals surface area contributed by atoms with Crippen LogP contribution in [0, 0.1) is 0 Å². The maximum atomic E-state index is 12.8. The Bertz CT molecular complexity index is 1150. The fraction of sp³-hybridized carbons (Fsp3) is 0.227. The van der Waals surface area contributed by atoms with E-state index in [0.717, 1.165) is 12.1 Å². The second kappa shape index (κ2) is 7.26. The number of anilines is 2. The number of amides is 1. The van der Waals surface area contributed by atoms with E-state index in [9.17, 15) is 22.8 Å². The molecule has 6 nitrogen and oxygen atoms in total. The molecule has 3 aromatic rings. The molecule has 160 valence electrons. The molecule has 2 heterocycles. The standard InChI is InChI=1S/C22H19F3N4O2/c1-21(19(30)10-26-20(21)31)14-5-8-17(16(9-14)18-11-29(2)12-27-18)28-15-6-3-13(4-7-15)22(23,24)25/h3-9,11-12,28H,10H2,1-2H3,(H,26,31). The molecule has 0 bridgehead atoms. The van der Waals surface area contributed by atoms with Gasteiger partial charge in [0, 0.05) is 30.2 Å². The number of benzene rings is 2. The molecule has 1 aliphatic heterocycles. The number of aromatic nitrogens is 2. The first-order valence-electron chi connectivity index (χ1n) is 9.48. The molecule has 1 saturated heterocycles. The number of hydrogen-bond acceptors (Lipinski definition) is 4. The van der Waals surface area contributed by atoms with Crippen LogP contribution >= 0.6 is 0 Å². The molecule has 0 spiro atoms. The Labute approximate surface area is 176 Å². The summed E-state index contributed by atoms with van der Waals surface area (Å²) in [7, 11) is 1.80. The van der Waals surface area contributed by atoms with Crippen molar-refractivity contribution in [3.63, 3.8) is 0 Å². The van der Waals surface area contributed by atoms with Gasteiger partial charge in [0.15, 0.2) is 5.78 Å². The van der Waals surface area contributed by atoms with Crippen LogP contribution in [0.25, 0.3) is 11.3 Å². The van der Waals surface area contributed by atoms with Crippen molar-refractivity contribution < 1.29 is 22.8 Å². The number of nitrogens with one attached hydrogen (secondary N) is 2. The minimum absolute atomic E-state index is 0.0280. The Hall–Kier alpha value is -3.62. The van der Waals surface area contributed by atoms with Crippen LogP contribution in [0.4, 0.5) is 24.5 Å². The molecule has 1 amide bonds. The van der Waals surface area contributed by atoms with Crippen molar-refractivity contribution in [2.24, 2.45) is 7.05 Å². The Kier molecular flexibility index (Phi) is 4.83. The van der Waals surface area contributed by atoms with E-state index >= 15 is 0 Å². The lowest BCUT2D eigenvalue weighted by molar-refractivity contribution is -0.137. The number of halogens is 3. The monoisotopic (exact) mass is 428 g/mol. The van der Waals surface area contributed by atoms with Crippen molar-refractivity contribution in [1.82, 2.24) is 14.9 Å². The van der Waals surface area contributed by atoms with Crippen molar-refractivity contribution in [3.8, 4) is 11.3 Å². The van der Waals surface area contributed by atoms with Crippen molar-refractivity contribution in [2.45, 2.75) is 18.5 Å². The van der Waals surface area contributed by atoms with Crippen LogP contribution in [0.1, 0.15) is 18.1 Å². The van der Waals surface area contributed by atoms with Crippen LogP contribution in [0.2, 0.25) is 0 Å². The molecule has 1 aliphatic rings. The van der Waals surface area contributed by atoms with E-state index in [1.807, 2.05) is 0 Å². The molecule has 2 aromatic carbocycles. The predicted molar refractivity (Wildman–Crippen MR) is 109 cm³/mol. The molecule has 1 fully saturated rings. The van der Waals surface area contributed by atoms with Gasteiger partial charge in [-0.1, -0.05) is 6.07 Å². The number of rotatable bonds is 4. The van der Waals surface area contributed by atoms with Gasteiger partial charge in [-0.05, 0) is 48.9 Å². The van der Waals surface area contributed by atoms with Crippen LogP contribution < -0.4 is 10.6 Å². The molecule has 1 unspecified atom stereocenters. The molecule has 9 heteroatoms. The highest BCUT2D eigenvalue weighted by Gasteiger charge is 2.47. The topological polar surface area (TPSA) is 76.0 Å². The fourth-order valence-corrected chi connectivity index (χ4v) is 3.56. The van der Waals surface area contributed by atoms with E-state index in [4.69, 9.17) is 0 Å². The van der Waals surface area contributed by atoms with Crippen LogP contribution in [0.5, 0.6) is 0 Å². The third kappa shape index (κ3) is 3.67. The first kappa shape index (κ1) is 20.6. The molecular weight excluding hydrogens is 409 g/mol. The Morgan fingerprint density at radius 1 is 1.13 bits per heavy atom. The lowest BCUT2D eigenvalue weighted by atomic mass is 9.79. The molecule has 1 atom stereocenters. The van der Waals surface area contributed by atoms with E-state index in [2.05, 4.69) is 15.6 Å². The van der Waals surface area contributed by atoms with Gasteiger partial charge in [-0.25, -0.2) is 4.98 Å². The first-order valence-corrected chi connectivity index (χ1v) is 9.48. The number of nitrogens with zero attached hydrogens (tertiary/aromatic N) is 2. The first-order chi connectivity index (χ1) is 14.6. The summed E-state index contributed by atoms with van der Waals surface area (Å²) < 4.78 is 40.3. The van der Waals surface area contributed by atoms with Gasteiger partial charge in [0.1, 0.15) is 5.41 Å². The number of alkyl halides is 3. The number of Topliss-reactive ketones (excluding diaryl/α,β-unsaturated/α-hetero) is 1. The molecule has 4 rings (SSSR count). The Morgan fingerprint density at radius 3 is 2.39 bits per heavy atom. The number of carbonyl (C=O) groups excluding carboxylic acids is 2. The normalized spacial score (nSPS) is 18.9. The Morgan fingerprint density at radius 2 is 1.84 bits per heavy atom. The smallest absolute Gasteiger partial charge is 0.355 e. The largest absolute Gasteiger partial charge is 0.416 e. The molecular formula is C22H19F3N4O2. The van der Waals surface area contributed by atoms with Crippen LogP contribution in [0.3, 0.4) is 0 Å². The van der Waals surface area contributed by atoms with E-state index in [1.54, 1.807) is 49.3 Å². The zero-order valence-corrected chi connectivity index (χ0v) is 16.7. The maximum absolute atomic E-state index is 12.8. The van der Waals surface area contributed by atoms with E-state index in [1.165, 1.54) is 12.1 Å². The second-order valence-corrected chi connectivity index (χ2v) is 7.62. The van der Waals surface area contributed by atoms with E-state index < -0.39 is 17.2 Å². The van der Waals surface area contributed by atoms with Gasteiger partial charge in [-0.2, -0.15) is 13.2 Å². The number of hydrogen-bond donors (Lipinski definition) is 2. The summed E-state index contributed by atoms with van der Waals surface area (Å²) in [6.45, 7) is 1.55. The lowest BCUT2D eigenvalue weighted by Gasteiger charge is -2.21. The minimum Gasteiger partial charge on any atom is -0.355 e. The van der Waals surface area contributed by atoms with E-state index in [0.29, 0.717) is 28.2 Å². The molecule has 0 aliphatic carbocycles. The average Bonchev–Trinajstić information content (AvgIpc) is 3.27. The average molecular weight is 428 g/mol. The van der Waals surface area contributed by atoms with Gasteiger partial charge < -0.3 is 15.2 Å². The van der Waals surface area contributed by atoms with Crippen molar-refractivity contribution in [3.05, 3.63) is 66.1 Å². The summed E-state index contributed by atoms with van der Waals surface area (Å²) in [5, 5.41) is 5.69. The molecule has 0 saturated carbocycles. The zero-order valence-electron chi connectivity index (χ0n) is 16.7. The van der Waals surface area contributed by atoms with Gasteiger partial charge in [0.2, 0.25) is 5.91 Å². The van der Waals surface area contributed by atoms with Crippen LogP contribution in [-0.2, 0) is 28.2 Å². The van der Waals surface area contributed by atoms with Crippen LogP contribution in [0.15, 0.2) is 55.0 Å². The van der Waals surface area contributed by atoms with Gasteiger partial charge in [-0.15, -0.1) is 0 Å². The predicted octanol–water partition coefficient (Wildman–Crippen LogP) is 3.81. The highest BCUT2D eigenvalue weighted by Crippen LogP contribution is 2.37. The van der Waals surface area contributed by atoms with Gasteiger partial charge in [-0.3, -0.25) is 9.59 Å². The van der Waals surface area contributed by atoms with Crippen molar-refractivity contribution in [2.75, 3.05) is 11.9 Å². The second-order valence-electron chi connectivity index (χ2n) is 7.62. The summed E-state index contributed by atoms with van der Waals surface area (Å²) in [4.78, 5) is 29.2. The summed E-state index contributed by atoms with van der Waals surface area (Å²) in [5.41, 5.74) is 0.717. The van der Waals surface area contributed by atoms with Gasteiger partial charge >= 0.3 is 6.18 Å². The summed E-state index contributed by atoms with van der Waals surface area (Å²) >= 11 is 0. The summed E-state index contributed by atoms with van der Waals surface area (Å²) in [6.07, 6.45) is -1.03. The third-order valence-electron chi connectivity index (χ3n) is 5.49. The lowest BCUT2D eigenvalue weighted by Crippen LogP contribution is -2.36. The number of carbonyl (C=O) groups is 2. The van der Waals surface area contributed by atoms with Crippen LogP contribution in [-0.4, -0.2) is 27.8 Å². The molecule has 1 aromatic heterocycles. The molecule has 2 N–H and O–H groups in total. The maximum Gasteiger partial charge on any atom is 0.416 e. The Balaban J connectivity index is 1.76.